The predicted octanol–water partition coefficient (Wildman–Crippen LogP) is 2.83. The molecule has 0 aliphatic heterocycles. The first-order valence-electron chi connectivity index (χ1n) is 3.26. The van der Waals surface area contributed by atoms with Crippen LogP contribution in [0, 0.1) is 0 Å². The highest BCUT2D eigenvalue weighted by atomic mass is 79.9. The van der Waals surface area contributed by atoms with E-state index >= 15 is 0 Å². The third-order valence-electron chi connectivity index (χ3n) is 1.34. The van der Waals surface area contributed by atoms with Gasteiger partial charge in [-0.1, -0.05) is 6.08 Å². The van der Waals surface area contributed by atoms with Crippen LogP contribution in [0.2, 0.25) is 0 Å². The highest BCUT2D eigenvalue weighted by molar-refractivity contribution is 9.11. The SMILES string of the molecule is C=CC(O)c1ncc(Br)cc1Br. The lowest BCUT2D eigenvalue weighted by Crippen LogP contribution is -1.97. The molecule has 1 rings (SSSR count). The van der Waals surface area contributed by atoms with Crippen LogP contribution in [0.3, 0.4) is 0 Å². The van der Waals surface area contributed by atoms with E-state index < -0.39 is 6.10 Å². The van der Waals surface area contributed by atoms with Gasteiger partial charge in [0.1, 0.15) is 6.10 Å². The van der Waals surface area contributed by atoms with E-state index in [2.05, 4.69) is 43.4 Å². The molecule has 1 N–H and O–H groups in total. The molecule has 1 heterocycles. The summed E-state index contributed by atoms with van der Waals surface area (Å²) < 4.78 is 1.64. The molecule has 0 amide bonds. The van der Waals surface area contributed by atoms with Gasteiger partial charge < -0.3 is 5.11 Å². The Morgan fingerprint density at radius 3 is 2.75 bits per heavy atom. The largest absolute Gasteiger partial charge is 0.383 e. The first kappa shape index (κ1) is 9.89. The van der Waals surface area contributed by atoms with Crippen molar-refractivity contribution in [3.8, 4) is 0 Å². The molecule has 0 aliphatic carbocycles. The number of hydrogen-bond donors (Lipinski definition) is 1. The second kappa shape index (κ2) is 4.16. The summed E-state index contributed by atoms with van der Waals surface area (Å²) in [6, 6.07) is 1.83. The van der Waals surface area contributed by atoms with Crippen LogP contribution in [0.4, 0.5) is 0 Å². The van der Waals surface area contributed by atoms with Crippen molar-refractivity contribution in [1.82, 2.24) is 4.98 Å². The minimum atomic E-state index is -0.715. The zero-order chi connectivity index (χ0) is 9.14. The van der Waals surface area contributed by atoms with E-state index in [1.807, 2.05) is 6.07 Å². The fourth-order valence-electron chi connectivity index (χ4n) is 0.754. The van der Waals surface area contributed by atoms with Crippen LogP contribution in [-0.4, -0.2) is 10.1 Å². The lowest BCUT2D eigenvalue weighted by atomic mass is 10.2. The van der Waals surface area contributed by atoms with Crippen LogP contribution < -0.4 is 0 Å². The molecule has 0 bridgehead atoms. The summed E-state index contributed by atoms with van der Waals surface area (Å²) in [7, 11) is 0. The minimum absolute atomic E-state index is 0.577. The number of hydrogen-bond acceptors (Lipinski definition) is 2. The summed E-state index contributed by atoms with van der Waals surface area (Å²) in [5.74, 6) is 0. The molecule has 64 valence electrons. The van der Waals surface area contributed by atoms with Gasteiger partial charge >= 0.3 is 0 Å². The van der Waals surface area contributed by atoms with Crippen LogP contribution >= 0.6 is 31.9 Å². The van der Waals surface area contributed by atoms with Gasteiger partial charge in [0.15, 0.2) is 0 Å². The smallest absolute Gasteiger partial charge is 0.115 e. The summed E-state index contributed by atoms with van der Waals surface area (Å²) in [5, 5.41) is 9.38. The summed E-state index contributed by atoms with van der Waals surface area (Å²) in [6.45, 7) is 3.48. The lowest BCUT2D eigenvalue weighted by Gasteiger charge is -2.06. The zero-order valence-corrected chi connectivity index (χ0v) is 9.34. The van der Waals surface area contributed by atoms with Gasteiger partial charge in [0, 0.05) is 15.1 Å². The van der Waals surface area contributed by atoms with Crippen LogP contribution in [0.1, 0.15) is 11.8 Å². The molecule has 1 aromatic rings. The van der Waals surface area contributed by atoms with Gasteiger partial charge in [0.25, 0.3) is 0 Å². The lowest BCUT2D eigenvalue weighted by molar-refractivity contribution is 0.223. The molecule has 1 aromatic heterocycles. The Hall–Kier alpha value is -0.190. The molecule has 2 nitrogen and oxygen atoms in total. The number of rotatable bonds is 2. The van der Waals surface area contributed by atoms with Crippen molar-refractivity contribution in [2.45, 2.75) is 6.10 Å². The third kappa shape index (κ3) is 2.15. The Bertz CT molecular complexity index is 301. The number of nitrogens with zero attached hydrogens (tertiary/aromatic N) is 1. The fraction of sp³-hybridized carbons (Fsp3) is 0.125. The molecule has 12 heavy (non-hydrogen) atoms. The number of aliphatic hydroxyl groups excluding tert-OH is 1. The molecular formula is C8H7Br2NO. The van der Waals surface area contributed by atoms with Crippen LogP contribution in [0.15, 0.2) is 33.9 Å². The van der Waals surface area contributed by atoms with Crippen molar-refractivity contribution in [2.24, 2.45) is 0 Å². The molecular weight excluding hydrogens is 286 g/mol. The summed E-state index contributed by atoms with van der Waals surface area (Å²) in [5.41, 5.74) is 0.577. The summed E-state index contributed by atoms with van der Waals surface area (Å²) in [6.07, 6.45) is 2.35. The third-order valence-corrected chi connectivity index (χ3v) is 2.41. The van der Waals surface area contributed by atoms with Crippen molar-refractivity contribution < 1.29 is 5.11 Å². The molecule has 0 fully saturated rings. The van der Waals surface area contributed by atoms with Gasteiger partial charge in [-0.05, 0) is 37.9 Å². The van der Waals surface area contributed by atoms with Crippen molar-refractivity contribution in [3.05, 3.63) is 39.6 Å². The molecule has 0 radical (unpaired) electrons. The highest BCUT2D eigenvalue weighted by Crippen LogP contribution is 2.24. The molecule has 0 aliphatic rings. The van der Waals surface area contributed by atoms with E-state index in [4.69, 9.17) is 0 Å². The van der Waals surface area contributed by atoms with Crippen molar-refractivity contribution in [3.63, 3.8) is 0 Å². The summed E-state index contributed by atoms with van der Waals surface area (Å²) >= 11 is 6.56. The van der Waals surface area contributed by atoms with Crippen molar-refractivity contribution in [2.75, 3.05) is 0 Å². The first-order valence-corrected chi connectivity index (χ1v) is 4.85. The number of halogens is 2. The molecule has 0 spiro atoms. The molecule has 0 aromatic carbocycles. The molecule has 0 saturated carbocycles. The van der Waals surface area contributed by atoms with Crippen LogP contribution in [0.25, 0.3) is 0 Å². The Balaban J connectivity index is 3.09. The normalized spacial score (nSPS) is 12.6. The van der Waals surface area contributed by atoms with Gasteiger partial charge in [-0.2, -0.15) is 0 Å². The summed E-state index contributed by atoms with van der Waals surface area (Å²) in [4.78, 5) is 4.03. The van der Waals surface area contributed by atoms with Gasteiger partial charge in [0.05, 0.1) is 5.69 Å². The van der Waals surface area contributed by atoms with Gasteiger partial charge in [-0.25, -0.2) is 0 Å². The molecule has 1 unspecified atom stereocenters. The number of pyridine rings is 1. The quantitative estimate of drug-likeness (QED) is 0.851. The monoisotopic (exact) mass is 291 g/mol. The van der Waals surface area contributed by atoms with E-state index in [0.717, 1.165) is 8.95 Å². The Kier molecular flexibility index (Phi) is 3.43. The number of aliphatic hydroxyl groups is 1. The number of aromatic nitrogens is 1. The predicted molar refractivity (Wildman–Crippen MR) is 54.8 cm³/mol. The Morgan fingerprint density at radius 1 is 1.58 bits per heavy atom. The second-order valence-electron chi connectivity index (χ2n) is 2.20. The fourth-order valence-corrected chi connectivity index (χ4v) is 1.98. The minimum Gasteiger partial charge on any atom is -0.383 e. The zero-order valence-electron chi connectivity index (χ0n) is 6.17. The van der Waals surface area contributed by atoms with E-state index in [1.165, 1.54) is 6.08 Å². The maximum Gasteiger partial charge on any atom is 0.115 e. The van der Waals surface area contributed by atoms with E-state index in [-0.39, 0.29) is 0 Å². The first-order chi connectivity index (χ1) is 5.65. The maximum absolute atomic E-state index is 9.38. The van der Waals surface area contributed by atoms with Crippen molar-refractivity contribution >= 4 is 31.9 Å². The topological polar surface area (TPSA) is 33.1 Å². The average Bonchev–Trinajstić information content (AvgIpc) is 2.03. The molecule has 0 saturated heterocycles. The Labute approximate surface area is 87.6 Å². The van der Waals surface area contributed by atoms with Crippen LogP contribution in [-0.2, 0) is 0 Å². The van der Waals surface area contributed by atoms with E-state index in [9.17, 15) is 5.11 Å². The van der Waals surface area contributed by atoms with Crippen molar-refractivity contribution in [1.29, 1.82) is 0 Å². The highest BCUT2D eigenvalue weighted by Gasteiger charge is 2.08. The van der Waals surface area contributed by atoms with Gasteiger partial charge in [-0.3, -0.25) is 4.98 Å². The molecule has 1 atom stereocenters. The maximum atomic E-state index is 9.38. The Morgan fingerprint density at radius 2 is 2.25 bits per heavy atom. The van der Waals surface area contributed by atoms with Crippen LogP contribution in [0.5, 0.6) is 0 Å². The standard InChI is InChI=1S/C8H7Br2NO/c1-2-7(12)8-6(10)3-5(9)4-11-8/h2-4,7,12H,1H2. The average molecular weight is 293 g/mol. The second-order valence-corrected chi connectivity index (χ2v) is 3.97. The van der Waals surface area contributed by atoms with Gasteiger partial charge in [-0.15, -0.1) is 6.58 Å². The molecule has 4 heteroatoms. The van der Waals surface area contributed by atoms with Gasteiger partial charge in [0.2, 0.25) is 0 Å². The van der Waals surface area contributed by atoms with E-state index in [0.29, 0.717) is 5.69 Å². The van der Waals surface area contributed by atoms with E-state index in [1.54, 1.807) is 6.20 Å².